The summed E-state index contributed by atoms with van der Waals surface area (Å²) in [6, 6.07) is 17.7. The first-order chi connectivity index (χ1) is 15.9. The van der Waals surface area contributed by atoms with E-state index < -0.39 is 5.91 Å². The van der Waals surface area contributed by atoms with E-state index in [0.717, 1.165) is 16.9 Å². The second-order valence-electron chi connectivity index (χ2n) is 7.74. The second kappa shape index (κ2) is 9.44. The second-order valence-corrected chi connectivity index (χ2v) is 7.74. The van der Waals surface area contributed by atoms with Crippen molar-refractivity contribution < 1.29 is 18.7 Å². The van der Waals surface area contributed by atoms with Gasteiger partial charge in [0.05, 0.1) is 0 Å². The Morgan fingerprint density at radius 3 is 2.30 bits per heavy atom. The van der Waals surface area contributed by atoms with Gasteiger partial charge in [-0.3, -0.25) is 14.3 Å². The van der Waals surface area contributed by atoms with Crippen LogP contribution in [0.15, 0.2) is 71.3 Å². The zero-order chi connectivity index (χ0) is 23.4. The van der Waals surface area contributed by atoms with Gasteiger partial charge >= 0.3 is 0 Å². The minimum Gasteiger partial charge on any atom is -0.486 e. The summed E-state index contributed by atoms with van der Waals surface area (Å²) in [5.41, 5.74) is 3.58. The topological polar surface area (TPSA) is 98.4 Å². The van der Waals surface area contributed by atoms with Crippen molar-refractivity contribution in [1.82, 2.24) is 9.78 Å². The molecule has 168 valence electrons. The number of rotatable bonds is 7. The summed E-state index contributed by atoms with van der Waals surface area (Å²) in [5, 5.41) is 9.61. The molecule has 0 aliphatic carbocycles. The maximum atomic E-state index is 12.6. The summed E-state index contributed by atoms with van der Waals surface area (Å²) in [4.78, 5) is 24.9. The monoisotopic (exact) mass is 444 g/mol. The van der Waals surface area contributed by atoms with Crippen LogP contribution in [0.3, 0.4) is 0 Å². The largest absolute Gasteiger partial charge is 0.486 e. The minimum atomic E-state index is -0.402. The number of aryl methyl sites for hydroxylation is 3. The minimum absolute atomic E-state index is 0.164. The van der Waals surface area contributed by atoms with E-state index in [0.29, 0.717) is 22.8 Å². The highest BCUT2D eigenvalue weighted by Gasteiger charge is 2.14. The molecule has 0 spiro atoms. The average Bonchev–Trinajstić information content (AvgIpc) is 3.41. The van der Waals surface area contributed by atoms with Crippen molar-refractivity contribution in [1.29, 1.82) is 0 Å². The molecule has 4 aromatic rings. The van der Waals surface area contributed by atoms with Gasteiger partial charge in [-0.2, -0.15) is 5.10 Å². The maximum absolute atomic E-state index is 12.6. The molecule has 0 atom stereocenters. The lowest BCUT2D eigenvalue weighted by atomic mass is 10.1. The molecule has 0 bridgehead atoms. The van der Waals surface area contributed by atoms with Gasteiger partial charge in [0.2, 0.25) is 0 Å². The zero-order valence-electron chi connectivity index (χ0n) is 18.6. The molecule has 0 radical (unpaired) electrons. The smallest absolute Gasteiger partial charge is 0.291 e. The van der Waals surface area contributed by atoms with Crippen LogP contribution in [0.1, 0.15) is 37.9 Å². The Bertz CT molecular complexity index is 1280. The van der Waals surface area contributed by atoms with Crippen LogP contribution in [0.4, 0.5) is 11.4 Å². The number of hydrogen-bond acceptors (Lipinski definition) is 5. The molecule has 0 fully saturated rings. The summed E-state index contributed by atoms with van der Waals surface area (Å²) in [6.07, 6.45) is 1.69. The van der Waals surface area contributed by atoms with E-state index >= 15 is 0 Å². The summed E-state index contributed by atoms with van der Waals surface area (Å²) in [7, 11) is 1.74. The van der Waals surface area contributed by atoms with Crippen LogP contribution in [0.5, 0.6) is 5.75 Å². The van der Waals surface area contributed by atoms with Crippen molar-refractivity contribution in [2.75, 3.05) is 10.6 Å². The third kappa shape index (κ3) is 5.68. The molecule has 2 aromatic carbocycles. The molecule has 0 saturated carbocycles. The lowest BCUT2D eigenvalue weighted by Gasteiger charge is -2.08. The number of carbonyl (C=O) groups excluding carboxylic acids is 2. The molecule has 0 saturated heterocycles. The Kier molecular flexibility index (Phi) is 6.26. The van der Waals surface area contributed by atoms with E-state index in [2.05, 4.69) is 21.8 Å². The van der Waals surface area contributed by atoms with Gasteiger partial charge in [0.25, 0.3) is 11.8 Å². The number of benzene rings is 2. The highest BCUT2D eigenvalue weighted by molar-refractivity contribution is 6.04. The number of nitrogens with zero attached hydrogens (tertiary/aromatic N) is 2. The predicted molar refractivity (Wildman–Crippen MR) is 125 cm³/mol. The van der Waals surface area contributed by atoms with Crippen LogP contribution >= 0.6 is 0 Å². The molecule has 8 heteroatoms. The van der Waals surface area contributed by atoms with Gasteiger partial charge in [0.1, 0.15) is 18.1 Å². The fraction of sp³-hybridized carbons (Fsp3) is 0.160. The van der Waals surface area contributed by atoms with E-state index in [-0.39, 0.29) is 18.3 Å². The normalized spacial score (nSPS) is 10.6. The Morgan fingerprint density at radius 2 is 1.64 bits per heavy atom. The SMILES string of the molecule is Cc1cc(C)cc(OCc2ccc(C(=O)Nc3cccc(NC(=O)c4ccn(C)n4)c3)o2)c1. The van der Waals surface area contributed by atoms with Gasteiger partial charge in [-0.15, -0.1) is 0 Å². The highest BCUT2D eigenvalue weighted by atomic mass is 16.5. The van der Waals surface area contributed by atoms with Crippen LogP contribution in [-0.2, 0) is 13.7 Å². The first-order valence-electron chi connectivity index (χ1n) is 10.4. The van der Waals surface area contributed by atoms with Crippen molar-refractivity contribution in [3.8, 4) is 5.75 Å². The van der Waals surface area contributed by atoms with Crippen LogP contribution in [-0.4, -0.2) is 21.6 Å². The van der Waals surface area contributed by atoms with E-state index in [9.17, 15) is 9.59 Å². The van der Waals surface area contributed by atoms with Crippen molar-refractivity contribution in [2.45, 2.75) is 20.5 Å². The number of amides is 2. The first kappa shape index (κ1) is 21.9. The molecule has 2 heterocycles. The maximum Gasteiger partial charge on any atom is 0.291 e. The predicted octanol–water partition coefficient (Wildman–Crippen LogP) is 4.71. The van der Waals surface area contributed by atoms with Crippen LogP contribution in [0, 0.1) is 13.8 Å². The van der Waals surface area contributed by atoms with Crippen LogP contribution in [0.2, 0.25) is 0 Å². The van der Waals surface area contributed by atoms with Gasteiger partial charge < -0.3 is 19.8 Å². The zero-order valence-corrected chi connectivity index (χ0v) is 18.6. The van der Waals surface area contributed by atoms with Gasteiger partial charge in [0.15, 0.2) is 11.5 Å². The molecule has 2 N–H and O–H groups in total. The van der Waals surface area contributed by atoms with Crippen molar-refractivity contribution in [3.05, 3.63) is 95.2 Å². The summed E-state index contributed by atoms with van der Waals surface area (Å²) in [5.74, 6) is 0.714. The number of anilines is 2. The van der Waals surface area contributed by atoms with Gasteiger partial charge in [-0.25, -0.2) is 0 Å². The molecule has 33 heavy (non-hydrogen) atoms. The van der Waals surface area contributed by atoms with Crippen LogP contribution in [0.25, 0.3) is 0 Å². The lowest BCUT2D eigenvalue weighted by molar-refractivity contribution is 0.0991. The molecular weight excluding hydrogens is 420 g/mol. The van der Waals surface area contributed by atoms with Gasteiger partial charge in [-0.1, -0.05) is 12.1 Å². The molecule has 0 aliphatic rings. The van der Waals surface area contributed by atoms with Gasteiger partial charge in [-0.05, 0) is 73.5 Å². The van der Waals surface area contributed by atoms with E-state index in [4.69, 9.17) is 9.15 Å². The molecule has 0 unspecified atom stereocenters. The first-order valence-corrected chi connectivity index (χ1v) is 10.4. The van der Waals surface area contributed by atoms with E-state index in [1.807, 2.05) is 26.0 Å². The summed E-state index contributed by atoms with van der Waals surface area (Å²) < 4.78 is 13.0. The molecular formula is C25H24N4O4. The lowest BCUT2D eigenvalue weighted by Crippen LogP contribution is -2.14. The Labute approximate surface area is 191 Å². The van der Waals surface area contributed by atoms with Crippen molar-refractivity contribution >= 4 is 23.2 Å². The number of aromatic nitrogens is 2. The third-order valence-electron chi connectivity index (χ3n) is 4.79. The third-order valence-corrected chi connectivity index (χ3v) is 4.79. The Morgan fingerprint density at radius 1 is 0.939 bits per heavy atom. The number of carbonyl (C=O) groups is 2. The highest BCUT2D eigenvalue weighted by Crippen LogP contribution is 2.20. The number of furan rings is 1. The number of ether oxygens (including phenoxy) is 1. The standard InChI is InChI=1S/C25H24N4O4/c1-16-11-17(2)13-21(12-16)32-15-20-7-8-23(33-20)25(31)27-19-6-4-5-18(14-19)26-24(30)22-9-10-29(3)28-22/h4-14H,15H2,1-3H3,(H,26,30)(H,27,31). The van der Waals surface area contributed by atoms with Gasteiger partial charge in [0, 0.05) is 24.6 Å². The average molecular weight is 444 g/mol. The quantitative estimate of drug-likeness (QED) is 0.430. The number of hydrogen-bond donors (Lipinski definition) is 2. The molecule has 2 amide bonds. The fourth-order valence-corrected chi connectivity index (χ4v) is 3.35. The Balaban J connectivity index is 1.36. The number of nitrogens with one attached hydrogen (secondary N) is 2. The van der Waals surface area contributed by atoms with E-state index in [1.165, 1.54) is 0 Å². The fourth-order valence-electron chi connectivity index (χ4n) is 3.35. The summed E-state index contributed by atoms with van der Waals surface area (Å²) >= 11 is 0. The summed E-state index contributed by atoms with van der Waals surface area (Å²) in [6.45, 7) is 4.23. The molecule has 0 aliphatic heterocycles. The molecule has 2 aromatic heterocycles. The Hall–Kier alpha value is -4.33. The molecule has 4 rings (SSSR count). The van der Waals surface area contributed by atoms with Crippen molar-refractivity contribution in [3.63, 3.8) is 0 Å². The van der Waals surface area contributed by atoms with Crippen molar-refractivity contribution in [2.24, 2.45) is 7.05 Å². The molecule has 8 nitrogen and oxygen atoms in total. The van der Waals surface area contributed by atoms with Crippen LogP contribution < -0.4 is 15.4 Å². The van der Waals surface area contributed by atoms with E-state index in [1.54, 1.807) is 60.4 Å².